The summed E-state index contributed by atoms with van der Waals surface area (Å²) in [5.74, 6) is -1.53. The molecule has 4 N–H and O–H groups in total. The second-order valence-electron chi connectivity index (χ2n) is 4.68. The Morgan fingerprint density at radius 3 is 2.57 bits per heavy atom. The zero-order chi connectivity index (χ0) is 15.1. The number of anilines is 1. The lowest BCUT2D eigenvalue weighted by Crippen LogP contribution is -2.28. The first-order valence-corrected chi connectivity index (χ1v) is 6.16. The largest absolute Gasteiger partial charge is 0.493 e. The molecule has 0 bridgehead atoms. The number of aromatic nitrogens is 2. The van der Waals surface area contributed by atoms with Crippen molar-refractivity contribution < 1.29 is 14.7 Å². The lowest BCUT2D eigenvalue weighted by atomic mass is 9.93. The van der Waals surface area contributed by atoms with E-state index in [9.17, 15) is 19.5 Å². The molecule has 21 heavy (non-hydrogen) atoms. The van der Waals surface area contributed by atoms with E-state index < -0.39 is 23.1 Å². The maximum Gasteiger partial charge on any atom is 0.275 e. The Hall–Kier alpha value is -3.09. The van der Waals surface area contributed by atoms with Gasteiger partial charge in [0.05, 0.1) is 11.3 Å². The Bertz CT molecular complexity index is 857. The van der Waals surface area contributed by atoms with Crippen LogP contribution in [0.4, 0.5) is 5.69 Å². The van der Waals surface area contributed by atoms with Crippen LogP contribution in [-0.2, 0) is 4.79 Å². The molecule has 2 aromatic rings. The highest BCUT2D eigenvalue weighted by molar-refractivity contribution is 6.36. The number of H-pyrrole nitrogens is 2. The summed E-state index contributed by atoms with van der Waals surface area (Å²) in [5, 5.41) is 16.5. The van der Waals surface area contributed by atoms with Crippen molar-refractivity contribution in [1.29, 1.82) is 0 Å². The Labute approximate surface area is 118 Å². The van der Waals surface area contributed by atoms with Gasteiger partial charge in [0.15, 0.2) is 0 Å². The first-order valence-electron chi connectivity index (χ1n) is 6.16. The SMILES string of the molecule is Cc1cccc2c1NC(=O)/C(=C\c1c(O)[nH][nH]c1=O)C2=O. The predicted molar refractivity (Wildman–Crippen MR) is 75.2 cm³/mol. The Balaban J connectivity index is 2.16. The number of benzene rings is 1. The molecule has 7 heteroatoms. The van der Waals surface area contributed by atoms with Crippen molar-refractivity contribution in [3.63, 3.8) is 0 Å². The number of rotatable bonds is 1. The summed E-state index contributed by atoms with van der Waals surface area (Å²) in [7, 11) is 0. The van der Waals surface area contributed by atoms with E-state index in [2.05, 4.69) is 15.5 Å². The Kier molecular flexibility index (Phi) is 2.76. The van der Waals surface area contributed by atoms with E-state index in [4.69, 9.17) is 0 Å². The van der Waals surface area contributed by atoms with Gasteiger partial charge in [0.1, 0.15) is 5.56 Å². The first kappa shape index (κ1) is 12.9. The smallest absolute Gasteiger partial charge is 0.275 e. The standard InChI is InChI=1S/C14H11N3O4/c1-6-3-2-4-7-10(6)15-12(19)8(11(7)18)5-9-13(20)16-17-14(9)21/h2-5H,1H3,(H,15,19)(H3,16,17,20,21)/b8-5-. The van der Waals surface area contributed by atoms with Gasteiger partial charge in [-0.05, 0) is 24.6 Å². The zero-order valence-corrected chi connectivity index (χ0v) is 11.0. The third-order valence-corrected chi connectivity index (χ3v) is 3.33. The fourth-order valence-electron chi connectivity index (χ4n) is 2.22. The molecule has 0 fully saturated rings. The molecule has 2 heterocycles. The van der Waals surface area contributed by atoms with Gasteiger partial charge in [-0.3, -0.25) is 24.6 Å². The number of aromatic amines is 2. The highest BCUT2D eigenvalue weighted by Gasteiger charge is 2.29. The summed E-state index contributed by atoms with van der Waals surface area (Å²) in [6.45, 7) is 1.78. The van der Waals surface area contributed by atoms with Gasteiger partial charge in [-0.2, -0.15) is 0 Å². The lowest BCUT2D eigenvalue weighted by molar-refractivity contribution is -0.112. The van der Waals surface area contributed by atoms with Crippen LogP contribution >= 0.6 is 0 Å². The minimum absolute atomic E-state index is 0.162. The van der Waals surface area contributed by atoms with Crippen molar-refractivity contribution in [3.8, 4) is 5.88 Å². The number of amides is 1. The van der Waals surface area contributed by atoms with Crippen LogP contribution in [0, 0.1) is 6.92 Å². The van der Waals surface area contributed by atoms with Gasteiger partial charge >= 0.3 is 0 Å². The molecule has 0 unspecified atom stereocenters. The number of carbonyl (C=O) groups is 2. The summed E-state index contributed by atoms with van der Waals surface area (Å²) >= 11 is 0. The minimum Gasteiger partial charge on any atom is -0.493 e. The third-order valence-electron chi connectivity index (χ3n) is 3.33. The molecule has 7 nitrogen and oxygen atoms in total. The van der Waals surface area contributed by atoms with E-state index in [-0.39, 0.29) is 11.1 Å². The van der Waals surface area contributed by atoms with Gasteiger partial charge in [0.2, 0.25) is 11.7 Å². The van der Waals surface area contributed by atoms with Gasteiger partial charge in [0, 0.05) is 5.56 Å². The highest BCUT2D eigenvalue weighted by atomic mass is 16.3. The van der Waals surface area contributed by atoms with Crippen LogP contribution in [0.2, 0.25) is 0 Å². The maximum atomic E-state index is 12.4. The van der Waals surface area contributed by atoms with Crippen LogP contribution in [0.15, 0.2) is 28.6 Å². The quantitative estimate of drug-likeness (QED) is 0.461. The fourth-order valence-corrected chi connectivity index (χ4v) is 2.22. The highest BCUT2D eigenvalue weighted by Crippen LogP contribution is 2.29. The second-order valence-corrected chi connectivity index (χ2v) is 4.68. The van der Waals surface area contributed by atoms with Crippen molar-refractivity contribution in [2.45, 2.75) is 6.92 Å². The van der Waals surface area contributed by atoms with Crippen molar-refractivity contribution in [1.82, 2.24) is 10.2 Å². The molecule has 0 atom stereocenters. The van der Waals surface area contributed by atoms with Gasteiger partial charge in [0.25, 0.3) is 11.5 Å². The number of ketones is 1. The number of nitrogens with one attached hydrogen (secondary N) is 3. The molecule has 0 saturated carbocycles. The van der Waals surface area contributed by atoms with E-state index in [1.54, 1.807) is 25.1 Å². The zero-order valence-electron chi connectivity index (χ0n) is 11.0. The number of Topliss-reactive ketones (excluding diaryl/α,β-unsaturated/α-hetero) is 1. The molecule has 1 aliphatic rings. The number of para-hydroxylation sites is 1. The van der Waals surface area contributed by atoms with Crippen molar-refractivity contribution in [2.75, 3.05) is 5.32 Å². The van der Waals surface area contributed by atoms with Crippen molar-refractivity contribution in [3.05, 3.63) is 50.8 Å². The number of hydrogen-bond acceptors (Lipinski definition) is 4. The Morgan fingerprint density at radius 1 is 1.14 bits per heavy atom. The maximum absolute atomic E-state index is 12.4. The number of carbonyl (C=O) groups excluding carboxylic acids is 2. The van der Waals surface area contributed by atoms with E-state index in [1.165, 1.54) is 0 Å². The molecule has 1 aromatic heterocycles. The molecule has 1 amide bonds. The van der Waals surface area contributed by atoms with Crippen molar-refractivity contribution >= 4 is 23.5 Å². The summed E-state index contributed by atoms with van der Waals surface area (Å²) in [6, 6.07) is 5.09. The lowest BCUT2D eigenvalue weighted by Gasteiger charge is -2.19. The molecule has 1 aromatic carbocycles. The monoisotopic (exact) mass is 285 g/mol. The molecule has 3 rings (SSSR count). The van der Waals surface area contributed by atoms with Crippen LogP contribution in [0.3, 0.4) is 0 Å². The number of hydrogen-bond donors (Lipinski definition) is 4. The van der Waals surface area contributed by atoms with Crippen LogP contribution in [0.25, 0.3) is 6.08 Å². The topological polar surface area (TPSA) is 115 Å². The van der Waals surface area contributed by atoms with Crippen LogP contribution in [-0.4, -0.2) is 27.0 Å². The molecule has 0 aliphatic carbocycles. The van der Waals surface area contributed by atoms with Crippen LogP contribution in [0.5, 0.6) is 5.88 Å². The number of aromatic hydroxyl groups is 1. The normalized spacial score (nSPS) is 16.0. The van der Waals surface area contributed by atoms with Crippen molar-refractivity contribution in [2.24, 2.45) is 0 Å². The molecule has 0 radical (unpaired) electrons. The summed E-state index contributed by atoms with van der Waals surface area (Å²) in [6.07, 6.45) is 1.08. The summed E-state index contributed by atoms with van der Waals surface area (Å²) < 4.78 is 0. The van der Waals surface area contributed by atoms with Crippen LogP contribution < -0.4 is 10.9 Å². The average molecular weight is 285 g/mol. The molecular formula is C14H11N3O4. The third kappa shape index (κ3) is 1.95. The molecule has 1 aliphatic heterocycles. The van der Waals surface area contributed by atoms with Gasteiger partial charge in [-0.25, -0.2) is 0 Å². The number of fused-ring (bicyclic) bond motifs is 1. The Morgan fingerprint density at radius 2 is 1.90 bits per heavy atom. The fraction of sp³-hybridized carbons (Fsp3) is 0.0714. The predicted octanol–water partition coefficient (Wildman–Crippen LogP) is 0.935. The minimum atomic E-state index is -0.615. The van der Waals surface area contributed by atoms with Gasteiger partial charge in [-0.1, -0.05) is 12.1 Å². The van der Waals surface area contributed by atoms with Gasteiger partial charge in [-0.15, -0.1) is 0 Å². The molecule has 0 saturated heterocycles. The van der Waals surface area contributed by atoms with E-state index in [0.29, 0.717) is 11.3 Å². The molecule has 0 spiro atoms. The summed E-state index contributed by atoms with van der Waals surface area (Å²) in [5.41, 5.74) is 0.619. The molecule has 106 valence electrons. The molecular weight excluding hydrogens is 274 g/mol. The number of aryl methyl sites for hydroxylation is 1. The van der Waals surface area contributed by atoms with E-state index >= 15 is 0 Å². The second kappa shape index (κ2) is 4.48. The first-order chi connectivity index (χ1) is 9.99. The van der Waals surface area contributed by atoms with E-state index in [0.717, 1.165) is 11.6 Å². The van der Waals surface area contributed by atoms with E-state index in [1.807, 2.05) is 0 Å². The average Bonchev–Trinajstić information content (AvgIpc) is 2.76. The van der Waals surface area contributed by atoms with Crippen LogP contribution in [0.1, 0.15) is 21.5 Å². The van der Waals surface area contributed by atoms with Gasteiger partial charge < -0.3 is 10.4 Å². The summed E-state index contributed by atoms with van der Waals surface area (Å²) in [4.78, 5) is 36.0.